The fraction of sp³-hybridized carbons (Fsp3) is 0.300. The van der Waals surface area contributed by atoms with Gasteiger partial charge in [0.2, 0.25) is 5.91 Å². The van der Waals surface area contributed by atoms with Crippen LogP contribution in [-0.2, 0) is 11.3 Å². The zero-order chi connectivity index (χ0) is 20.4. The van der Waals surface area contributed by atoms with Crippen LogP contribution < -0.4 is 4.90 Å². The summed E-state index contributed by atoms with van der Waals surface area (Å²) in [6.45, 7) is 4.91. The summed E-state index contributed by atoms with van der Waals surface area (Å²) in [6, 6.07) is 11.7. The van der Waals surface area contributed by atoms with Gasteiger partial charge in [-0.15, -0.1) is 0 Å². The molecule has 0 radical (unpaired) electrons. The number of anilines is 1. The topological polar surface area (TPSA) is 70.1 Å². The first-order valence-electron chi connectivity index (χ1n) is 9.38. The number of carbonyl (C=O) groups is 1. The van der Waals surface area contributed by atoms with Gasteiger partial charge in [-0.3, -0.25) is 14.5 Å². The molecule has 3 aromatic rings. The third-order valence-electron chi connectivity index (χ3n) is 5.03. The number of aromatic nitrogens is 4. The summed E-state index contributed by atoms with van der Waals surface area (Å²) in [5.41, 5.74) is 2.09. The van der Waals surface area contributed by atoms with Gasteiger partial charge in [-0.05, 0) is 31.3 Å². The van der Waals surface area contributed by atoms with E-state index in [2.05, 4.69) is 20.1 Å². The van der Waals surface area contributed by atoms with E-state index in [4.69, 9.17) is 23.8 Å². The Bertz CT molecular complexity index is 1050. The van der Waals surface area contributed by atoms with Gasteiger partial charge in [0.1, 0.15) is 12.4 Å². The number of pyridine rings is 1. The summed E-state index contributed by atoms with van der Waals surface area (Å²) in [5.74, 6) is 1.58. The van der Waals surface area contributed by atoms with E-state index in [1.807, 2.05) is 48.2 Å². The average Bonchev–Trinajstić information content (AvgIpc) is 3.09. The first-order chi connectivity index (χ1) is 14.0. The first kappa shape index (κ1) is 19.6. The van der Waals surface area contributed by atoms with Gasteiger partial charge in [0, 0.05) is 37.9 Å². The number of nitrogens with one attached hydrogen (secondary N) is 1. The van der Waals surface area contributed by atoms with Gasteiger partial charge in [0.05, 0.1) is 5.02 Å². The predicted molar refractivity (Wildman–Crippen MR) is 116 cm³/mol. The van der Waals surface area contributed by atoms with Gasteiger partial charge in [-0.25, -0.2) is 4.98 Å². The molecule has 1 amide bonds. The van der Waals surface area contributed by atoms with E-state index < -0.39 is 0 Å². The maximum Gasteiger partial charge on any atom is 0.242 e. The largest absolute Gasteiger partial charge is 0.353 e. The van der Waals surface area contributed by atoms with Crippen molar-refractivity contribution in [2.75, 3.05) is 31.1 Å². The van der Waals surface area contributed by atoms with E-state index >= 15 is 0 Å². The molecular weight excluding hydrogens is 408 g/mol. The first-order valence-corrected chi connectivity index (χ1v) is 10.2. The van der Waals surface area contributed by atoms with Crippen molar-refractivity contribution in [3.05, 3.63) is 58.0 Å². The molecule has 1 aliphatic heterocycles. The molecule has 0 aliphatic carbocycles. The van der Waals surface area contributed by atoms with Crippen molar-refractivity contribution in [3.63, 3.8) is 0 Å². The second-order valence-corrected chi connectivity index (χ2v) is 7.83. The Morgan fingerprint density at radius 3 is 2.52 bits per heavy atom. The van der Waals surface area contributed by atoms with E-state index in [1.54, 1.807) is 10.8 Å². The van der Waals surface area contributed by atoms with Crippen molar-refractivity contribution in [2.24, 2.45) is 0 Å². The molecule has 0 spiro atoms. The SMILES string of the molecule is Cc1ccc(-c2n[nH]c(=S)n2CC(=O)N2CCN(c3ccc(Cl)cn3)CC2)cc1. The molecule has 0 saturated carbocycles. The molecule has 1 aliphatic rings. The quantitative estimate of drug-likeness (QED) is 0.645. The maximum atomic E-state index is 12.9. The molecule has 1 fully saturated rings. The average molecular weight is 429 g/mol. The monoisotopic (exact) mass is 428 g/mol. The number of carbonyl (C=O) groups excluding carboxylic acids is 1. The van der Waals surface area contributed by atoms with E-state index in [9.17, 15) is 4.79 Å². The molecule has 2 aromatic heterocycles. The molecule has 1 saturated heterocycles. The van der Waals surface area contributed by atoms with Gasteiger partial charge >= 0.3 is 0 Å². The Morgan fingerprint density at radius 2 is 1.86 bits per heavy atom. The molecule has 3 heterocycles. The lowest BCUT2D eigenvalue weighted by atomic mass is 10.1. The summed E-state index contributed by atoms with van der Waals surface area (Å²) in [7, 11) is 0. The zero-order valence-corrected chi connectivity index (χ0v) is 17.6. The Kier molecular flexibility index (Phi) is 5.64. The minimum atomic E-state index is 0.0274. The van der Waals surface area contributed by atoms with E-state index in [-0.39, 0.29) is 12.5 Å². The van der Waals surface area contributed by atoms with Crippen LogP contribution in [0, 0.1) is 11.7 Å². The second-order valence-electron chi connectivity index (χ2n) is 7.01. The van der Waals surface area contributed by atoms with Gasteiger partial charge in [-0.1, -0.05) is 41.4 Å². The molecule has 150 valence electrons. The van der Waals surface area contributed by atoms with Crippen LogP contribution in [0.15, 0.2) is 42.6 Å². The van der Waals surface area contributed by atoms with Crippen LogP contribution >= 0.6 is 23.8 Å². The van der Waals surface area contributed by atoms with Gasteiger partial charge in [0.25, 0.3) is 0 Å². The number of halogens is 1. The van der Waals surface area contributed by atoms with Crippen molar-refractivity contribution in [1.29, 1.82) is 0 Å². The number of rotatable bonds is 4. The standard InChI is InChI=1S/C20H21ClN6OS/c1-14-2-4-15(5-3-14)19-23-24-20(29)27(19)13-18(28)26-10-8-25(9-11-26)17-7-6-16(21)12-22-17/h2-7,12H,8-11,13H2,1H3,(H,24,29). The number of piperazine rings is 1. The summed E-state index contributed by atoms with van der Waals surface area (Å²) in [4.78, 5) is 21.3. The van der Waals surface area contributed by atoms with E-state index in [0.717, 1.165) is 24.5 Å². The fourth-order valence-corrected chi connectivity index (χ4v) is 3.67. The highest BCUT2D eigenvalue weighted by Crippen LogP contribution is 2.19. The van der Waals surface area contributed by atoms with Crippen LogP contribution in [0.1, 0.15) is 5.56 Å². The Morgan fingerprint density at radius 1 is 1.14 bits per heavy atom. The fourth-order valence-electron chi connectivity index (χ4n) is 3.36. The highest BCUT2D eigenvalue weighted by molar-refractivity contribution is 7.71. The number of benzene rings is 1. The van der Waals surface area contributed by atoms with Gasteiger partial charge in [0.15, 0.2) is 10.6 Å². The van der Waals surface area contributed by atoms with E-state index in [0.29, 0.717) is 28.7 Å². The van der Waals surface area contributed by atoms with Gasteiger partial charge in [-0.2, -0.15) is 5.10 Å². The number of hydrogen-bond donors (Lipinski definition) is 1. The lowest BCUT2D eigenvalue weighted by Crippen LogP contribution is -2.49. The van der Waals surface area contributed by atoms with Crippen LogP contribution in [0.2, 0.25) is 5.02 Å². The molecule has 0 unspecified atom stereocenters. The number of nitrogens with zero attached hydrogens (tertiary/aromatic N) is 5. The summed E-state index contributed by atoms with van der Waals surface area (Å²) < 4.78 is 2.20. The molecule has 0 bridgehead atoms. The third kappa shape index (κ3) is 4.33. The number of H-pyrrole nitrogens is 1. The molecule has 7 nitrogen and oxygen atoms in total. The Hall–Kier alpha value is -2.71. The third-order valence-corrected chi connectivity index (χ3v) is 5.56. The summed E-state index contributed by atoms with van der Waals surface area (Å²) in [6.07, 6.45) is 1.64. The normalized spacial score (nSPS) is 14.3. The van der Waals surface area contributed by atoms with Crippen molar-refractivity contribution in [2.45, 2.75) is 13.5 Å². The maximum absolute atomic E-state index is 12.9. The number of aromatic amines is 1. The predicted octanol–water partition coefficient (Wildman–Crippen LogP) is 3.31. The lowest BCUT2D eigenvalue weighted by molar-refractivity contribution is -0.132. The van der Waals surface area contributed by atoms with Crippen LogP contribution in [0.3, 0.4) is 0 Å². The van der Waals surface area contributed by atoms with Crippen LogP contribution in [0.4, 0.5) is 5.82 Å². The van der Waals surface area contributed by atoms with Gasteiger partial charge < -0.3 is 9.80 Å². The van der Waals surface area contributed by atoms with Crippen LogP contribution in [0.5, 0.6) is 0 Å². The smallest absolute Gasteiger partial charge is 0.242 e. The second kappa shape index (κ2) is 8.34. The molecule has 4 rings (SSSR count). The highest BCUT2D eigenvalue weighted by atomic mass is 35.5. The van der Waals surface area contributed by atoms with Crippen molar-refractivity contribution in [1.82, 2.24) is 24.6 Å². The highest BCUT2D eigenvalue weighted by Gasteiger charge is 2.23. The van der Waals surface area contributed by atoms with Crippen molar-refractivity contribution < 1.29 is 4.79 Å². The molecular formula is C20H21ClN6OS. The van der Waals surface area contributed by atoms with Crippen LogP contribution in [0.25, 0.3) is 11.4 Å². The minimum Gasteiger partial charge on any atom is -0.353 e. The summed E-state index contributed by atoms with van der Waals surface area (Å²) in [5, 5.41) is 7.74. The molecule has 1 N–H and O–H groups in total. The zero-order valence-electron chi connectivity index (χ0n) is 16.0. The molecule has 29 heavy (non-hydrogen) atoms. The molecule has 1 aromatic carbocycles. The molecule has 0 atom stereocenters. The lowest BCUT2D eigenvalue weighted by Gasteiger charge is -2.35. The molecule has 9 heteroatoms. The Labute approximate surface area is 178 Å². The number of amides is 1. The van der Waals surface area contributed by atoms with Crippen LogP contribution in [-0.4, -0.2) is 56.7 Å². The Balaban J connectivity index is 1.43. The summed E-state index contributed by atoms with van der Waals surface area (Å²) >= 11 is 11.3. The minimum absolute atomic E-state index is 0.0274. The number of aryl methyl sites for hydroxylation is 1. The number of hydrogen-bond acceptors (Lipinski definition) is 5. The van der Waals surface area contributed by atoms with Crippen molar-refractivity contribution >= 4 is 35.5 Å². The van der Waals surface area contributed by atoms with E-state index in [1.165, 1.54) is 5.56 Å². The van der Waals surface area contributed by atoms with Crippen molar-refractivity contribution in [3.8, 4) is 11.4 Å².